The maximum Gasteiger partial charge on any atom is 0.121 e. The van der Waals surface area contributed by atoms with Gasteiger partial charge in [-0.1, -0.05) is 29.8 Å². The highest BCUT2D eigenvalue weighted by Gasteiger charge is 1.99. The molecule has 76 valence electrons. The van der Waals surface area contributed by atoms with Crippen LogP contribution < -0.4 is 0 Å². The maximum absolute atomic E-state index is 10.2. The van der Waals surface area contributed by atoms with E-state index in [4.69, 9.17) is 0 Å². The van der Waals surface area contributed by atoms with Crippen molar-refractivity contribution < 1.29 is 4.79 Å². The molecule has 0 saturated carbocycles. The summed E-state index contributed by atoms with van der Waals surface area (Å²) in [7, 11) is 2.03. The van der Waals surface area contributed by atoms with Gasteiger partial charge in [-0.2, -0.15) is 0 Å². The molecule has 0 aliphatic carbocycles. The van der Waals surface area contributed by atoms with Crippen molar-refractivity contribution in [1.29, 1.82) is 0 Å². The molecule has 0 atom stereocenters. The first-order valence-electron chi connectivity index (χ1n) is 4.90. The van der Waals surface area contributed by atoms with Crippen LogP contribution in [0.15, 0.2) is 24.3 Å². The number of carbonyl (C=O) groups is 1. The average molecular weight is 191 g/mol. The van der Waals surface area contributed by atoms with Crippen LogP contribution in [-0.4, -0.2) is 24.8 Å². The van der Waals surface area contributed by atoms with E-state index in [1.807, 2.05) is 7.05 Å². The first-order valence-corrected chi connectivity index (χ1v) is 4.90. The Morgan fingerprint density at radius 2 is 2.21 bits per heavy atom. The molecule has 0 bridgehead atoms. The summed E-state index contributed by atoms with van der Waals surface area (Å²) in [6.45, 7) is 3.84. The van der Waals surface area contributed by atoms with Crippen molar-refractivity contribution >= 4 is 6.29 Å². The fourth-order valence-electron chi connectivity index (χ4n) is 1.47. The molecule has 0 unspecified atom stereocenters. The number of carbonyl (C=O) groups excluding carboxylic acids is 1. The Morgan fingerprint density at radius 3 is 2.86 bits per heavy atom. The van der Waals surface area contributed by atoms with Crippen LogP contribution in [0.5, 0.6) is 0 Å². The lowest BCUT2D eigenvalue weighted by atomic mass is 10.1. The third-order valence-corrected chi connectivity index (χ3v) is 2.16. The molecular weight excluding hydrogens is 174 g/mol. The molecule has 1 aromatic carbocycles. The Kier molecular flexibility index (Phi) is 4.33. The highest BCUT2D eigenvalue weighted by atomic mass is 16.1. The normalized spacial score (nSPS) is 10.5. The van der Waals surface area contributed by atoms with E-state index in [0.717, 1.165) is 19.4 Å². The molecule has 2 nitrogen and oxygen atoms in total. The third kappa shape index (κ3) is 3.71. The summed E-state index contributed by atoms with van der Waals surface area (Å²) in [6, 6.07) is 8.45. The van der Waals surface area contributed by atoms with E-state index in [1.165, 1.54) is 11.1 Å². The summed E-state index contributed by atoms with van der Waals surface area (Å²) >= 11 is 0. The predicted octanol–water partition coefficient (Wildman–Crippen LogP) is 2.02. The first kappa shape index (κ1) is 10.9. The number of nitrogens with zero attached hydrogens (tertiary/aromatic N) is 1. The smallest absolute Gasteiger partial charge is 0.121 e. The molecule has 2 heteroatoms. The van der Waals surface area contributed by atoms with Crippen LogP contribution >= 0.6 is 0 Å². The predicted molar refractivity (Wildman–Crippen MR) is 58.2 cm³/mol. The number of benzene rings is 1. The van der Waals surface area contributed by atoms with Crippen LogP contribution in [0, 0.1) is 6.92 Å². The lowest BCUT2D eigenvalue weighted by Crippen LogP contribution is -2.19. The van der Waals surface area contributed by atoms with Gasteiger partial charge in [0.15, 0.2) is 0 Å². The summed E-state index contributed by atoms with van der Waals surface area (Å²) in [5, 5.41) is 0. The number of rotatable bonds is 5. The molecule has 1 aromatic rings. The van der Waals surface area contributed by atoms with E-state index in [2.05, 4.69) is 36.1 Å². The highest BCUT2D eigenvalue weighted by Crippen LogP contribution is 2.06. The fraction of sp³-hybridized carbons (Fsp3) is 0.417. The summed E-state index contributed by atoms with van der Waals surface area (Å²) < 4.78 is 0. The van der Waals surface area contributed by atoms with Crippen LogP contribution in [0.4, 0.5) is 0 Å². The minimum absolute atomic E-state index is 0.613. The Labute approximate surface area is 85.5 Å². The molecule has 0 radical (unpaired) electrons. The number of aldehydes is 1. The number of hydrogen-bond donors (Lipinski definition) is 0. The van der Waals surface area contributed by atoms with E-state index in [1.54, 1.807) is 0 Å². The Hall–Kier alpha value is -1.15. The first-order chi connectivity index (χ1) is 6.72. The highest BCUT2D eigenvalue weighted by molar-refractivity contribution is 5.49. The molecule has 14 heavy (non-hydrogen) atoms. The van der Waals surface area contributed by atoms with Crippen molar-refractivity contribution in [2.45, 2.75) is 19.9 Å². The second-order valence-electron chi connectivity index (χ2n) is 3.68. The molecule has 0 saturated heterocycles. The monoisotopic (exact) mass is 191 g/mol. The van der Waals surface area contributed by atoms with E-state index in [0.29, 0.717) is 6.42 Å². The summed E-state index contributed by atoms with van der Waals surface area (Å²) in [4.78, 5) is 12.3. The minimum atomic E-state index is 0.613. The van der Waals surface area contributed by atoms with Crippen molar-refractivity contribution in [3.63, 3.8) is 0 Å². The lowest BCUT2D eigenvalue weighted by molar-refractivity contribution is -0.108. The van der Waals surface area contributed by atoms with E-state index >= 15 is 0 Å². The molecule has 0 spiro atoms. The number of hydrogen-bond acceptors (Lipinski definition) is 2. The van der Waals surface area contributed by atoms with Gasteiger partial charge in [0.1, 0.15) is 6.29 Å². The van der Waals surface area contributed by atoms with Crippen LogP contribution in [0.25, 0.3) is 0 Å². The van der Waals surface area contributed by atoms with E-state index < -0.39 is 0 Å². The maximum atomic E-state index is 10.2. The van der Waals surface area contributed by atoms with Gasteiger partial charge in [-0.05, 0) is 19.5 Å². The molecule has 0 amide bonds. The van der Waals surface area contributed by atoms with Gasteiger partial charge in [0.2, 0.25) is 0 Å². The van der Waals surface area contributed by atoms with Crippen molar-refractivity contribution in [3.05, 3.63) is 35.4 Å². The van der Waals surface area contributed by atoms with Gasteiger partial charge in [0.05, 0.1) is 0 Å². The molecule has 0 fully saturated rings. The SMILES string of the molecule is Cc1cccc(CN(C)CCC=O)c1. The molecule has 0 N–H and O–H groups in total. The van der Waals surface area contributed by atoms with Crippen LogP contribution in [0.2, 0.25) is 0 Å². The zero-order valence-electron chi connectivity index (χ0n) is 8.86. The molecule has 0 heterocycles. The van der Waals surface area contributed by atoms with Crippen LogP contribution in [0.1, 0.15) is 17.5 Å². The Bertz CT molecular complexity index is 296. The topological polar surface area (TPSA) is 20.3 Å². The largest absolute Gasteiger partial charge is 0.303 e. The molecule has 0 aliphatic heterocycles. The van der Waals surface area contributed by atoms with Gasteiger partial charge in [0, 0.05) is 19.5 Å². The Balaban J connectivity index is 2.47. The molecule has 0 aromatic heterocycles. The van der Waals surface area contributed by atoms with Gasteiger partial charge in [0.25, 0.3) is 0 Å². The van der Waals surface area contributed by atoms with Gasteiger partial charge in [-0.15, -0.1) is 0 Å². The third-order valence-electron chi connectivity index (χ3n) is 2.16. The standard InChI is InChI=1S/C12H17NO/c1-11-5-3-6-12(9-11)10-13(2)7-4-8-14/h3,5-6,8-9H,4,7,10H2,1-2H3. The van der Waals surface area contributed by atoms with Crippen LogP contribution in [-0.2, 0) is 11.3 Å². The van der Waals surface area contributed by atoms with Gasteiger partial charge < -0.3 is 9.69 Å². The minimum Gasteiger partial charge on any atom is -0.303 e. The summed E-state index contributed by atoms with van der Waals surface area (Å²) in [6.07, 6.45) is 1.58. The fourth-order valence-corrected chi connectivity index (χ4v) is 1.47. The van der Waals surface area contributed by atoms with Crippen molar-refractivity contribution in [2.24, 2.45) is 0 Å². The second kappa shape index (κ2) is 5.55. The van der Waals surface area contributed by atoms with E-state index in [-0.39, 0.29) is 0 Å². The van der Waals surface area contributed by atoms with Gasteiger partial charge in [-0.25, -0.2) is 0 Å². The second-order valence-corrected chi connectivity index (χ2v) is 3.68. The van der Waals surface area contributed by atoms with E-state index in [9.17, 15) is 4.79 Å². The average Bonchev–Trinajstić information content (AvgIpc) is 2.15. The van der Waals surface area contributed by atoms with Gasteiger partial charge in [-0.3, -0.25) is 0 Å². The molecule has 1 rings (SSSR count). The van der Waals surface area contributed by atoms with Crippen molar-refractivity contribution in [3.8, 4) is 0 Å². The quantitative estimate of drug-likeness (QED) is 0.664. The summed E-state index contributed by atoms with van der Waals surface area (Å²) in [5.74, 6) is 0. The zero-order chi connectivity index (χ0) is 10.4. The Morgan fingerprint density at radius 1 is 1.43 bits per heavy atom. The molecule has 0 aliphatic rings. The van der Waals surface area contributed by atoms with Gasteiger partial charge >= 0.3 is 0 Å². The number of aryl methyl sites for hydroxylation is 1. The van der Waals surface area contributed by atoms with Crippen molar-refractivity contribution in [1.82, 2.24) is 4.90 Å². The zero-order valence-corrected chi connectivity index (χ0v) is 8.86. The van der Waals surface area contributed by atoms with Crippen molar-refractivity contribution in [2.75, 3.05) is 13.6 Å². The molecular formula is C12H17NO. The van der Waals surface area contributed by atoms with Crippen LogP contribution in [0.3, 0.4) is 0 Å². The lowest BCUT2D eigenvalue weighted by Gasteiger charge is -2.15. The summed E-state index contributed by atoms with van der Waals surface area (Å²) in [5.41, 5.74) is 2.59.